The van der Waals surface area contributed by atoms with E-state index in [1.807, 2.05) is 32.9 Å². The van der Waals surface area contributed by atoms with Crippen LogP contribution in [0.5, 0.6) is 5.88 Å². The number of anilines is 1. The molecule has 0 radical (unpaired) electrons. The van der Waals surface area contributed by atoms with Gasteiger partial charge in [0.1, 0.15) is 5.76 Å². The third kappa shape index (κ3) is 6.01. The number of nitrogens with zero attached hydrogens (tertiary/aromatic N) is 2. The highest BCUT2D eigenvalue weighted by Crippen LogP contribution is 2.42. The lowest BCUT2D eigenvalue weighted by atomic mass is 9.75. The van der Waals surface area contributed by atoms with Crippen molar-refractivity contribution in [2.45, 2.75) is 88.9 Å². The Morgan fingerprint density at radius 1 is 1.18 bits per heavy atom. The van der Waals surface area contributed by atoms with Gasteiger partial charge in [-0.1, -0.05) is 45.0 Å². The van der Waals surface area contributed by atoms with Gasteiger partial charge in [0.15, 0.2) is 5.82 Å². The lowest BCUT2D eigenvalue weighted by molar-refractivity contribution is -0.119. The van der Waals surface area contributed by atoms with E-state index in [0.717, 1.165) is 30.4 Å². The molecule has 1 saturated carbocycles. The Labute approximate surface area is 234 Å². The molecule has 216 valence electrons. The maximum absolute atomic E-state index is 13.3. The van der Waals surface area contributed by atoms with E-state index in [9.17, 15) is 17.2 Å². The molecule has 1 aromatic carbocycles. The highest BCUT2D eigenvalue weighted by Gasteiger charge is 2.45. The van der Waals surface area contributed by atoms with E-state index in [2.05, 4.69) is 21.8 Å². The third-order valence-electron chi connectivity index (χ3n) is 8.22. The van der Waals surface area contributed by atoms with E-state index < -0.39 is 15.9 Å². The fourth-order valence-corrected chi connectivity index (χ4v) is 6.90. The number of fused-ring (bicyclic) bond motifs is 1. The molecule has 0 spiro atoms. The van der Waals surface area contributed by atoms with Crippen molar-refractivity contribution in [2.75, 3.05) is 11.3 Å². The number of ether oxygens (including phenoxy) is 1. The van der Waals surface area contributed by atoms with Crippen molar-refractivity contribution in [3.05, 3.63) is 64.5 Å². The lowest BCUT2D eigenvalue weighted by Gasteiger charge is -2.34. The van der Waals surface area contributed by atoms with Gasteiger partial charge in [0.2, 0.25) is 11.8 Å². The smallest absolute Gasteiger partial charge is 0.263 e. The van der Waals surface area contributed by atoms with Gasteiger partial charge in [0, 0.05) is 42.0 Å². The summed E-state index contributed by atoms with van der Waals surface area (Å²) in [6.07, 6.45) is 4.16. The van der Waals surface area contributed by atoms with Crippen LogP contribution in [0.15, 0.2) is 45.9 Å². The van der Waals surface area contributed by atoms with Crippen LogP contribution >= 0.6 is 0 Å². The van der Waals surface area contributed by atoms with E-state index in [4.69, 9.17) is 9.26 Å². The fraction of sp³-hybridized carbons (Fsp3) is 0.533. The number of pyridine rings is 1. The number of alkyl halides is 2. The van der Waals surface area contributed by atoms with Crippen LogP contribution in [-0.4, -0.2) is 31.1 Å². The maximum Gasteiger partial charge on any atom is 0.263 e. The average Bonchev–Trinajstić information content (AvgIpc) is 3.25. The van der Waals surface area contributed by atoms with E-state index >= 15 is 0 Å². The summed E-state index contributed by atoms with van der Waals surface area (Å²) >= 11 is 0. The molecule has 1 N–H and O–H groups in total. The summed E-state index contributed by atoms with van der Waals surface area (Å²) in [6, 6.07) is 9.11. The van der Waals surface area contributed by atoms with Crippen LogP contribution < -0.4 is 9.46 Å². The molecule has 0 amide bonds. The van der Waals surface area contributed by atoms with Gasteiger partial charge in [-0.3, -0.25) is 4.72 Å². The van der Waals surface area contributed by atoms with Gasteiger partial charge in [0.05, 0.1) is 11.5 Å². The SMILES string of the molecule is Cc1c(NS(=O)(=O)c2ccc3c(c2)CC([C@H](C)c2ccc(OCC4CC(F)(F)C4)nc2)CC3)noc1C(C)(C)C. The first kappa shape index (κ1) is 28.5. The van der Waals surface area contributed by atoms with Crippen molar-refractivity contribution in [3.8, 4) is 5.88 Å². The van der Waals surface area contributed by atoms with Crippen molar-refractivity contribution >= 4 is 15.8 Å². The number of nitrogens with one attached hydrogen (secondary N) is 1. The maximum atomic E-state index is 13.3. The van der Waals surface area contributed by atoms with Crippen LogP contribution in [0.2, 0.25) is 0 Å². The second-order valence-electron chi connectivity index (χ2n) is 12.4. The minimum Gasteiger partial charge on any atom is -0.477 e. The van der Waals surface area contributed by atoms with E-state index in [0.29, 0.717) is 23.1 Å². The van der Waals surface area contributed by atoms with Gasteiger partial charge in [0.25, 0.3) is 10.0 Å². The summed E-state index contributed by atoms with van der Waals surface area (Å²) in [5, 5.41) is 3.98. The van der Waals surface area contributed by atoms with Crippen LogP contribution in [0.4, 0.5) is 14.6 Å². The quantitative estimate of drug-likeness (QED) is 0.318. The number of benzene rings is 1. The largest absolute Gasteiger partial charge is 0.477 e. The molecule has 3 aromatic rings. The first-order valence-corrected chi connectivity index (χ1v) is 15.3. The molecule has 0 bridgehead atoms. The fourth-order valence-electron chi connectivity index (χ4n) is 5.80. The standard InChI is InChI=1S/C30H37F2N3O4S/c1-18(23-9-11-26(33-16-23)38-17-20-14-30(31,32)15-20)22-7-6-21-8-10-25(13-24(21)12-22)40(36,37)35-28-19(2)27(39-34-28)29(3,4)5/h8-11,13,16,18,20,22H,6-7,12,14-15,17H2,1-5H3,(H,34,35)/t18-,22?/m0/s1. The van der Waals surface area contributed by atoms with Crippen LogP contribution in [0.1, 0.15) is 80.9 Å². The summed E-state index contributed by atoms with van der Waals surface area (Å²) in [6.45, 7) is 10.2. The van der Waals surface area contributed by atoms with Crippen LogP contribution in [0.25, 0.3) is 0 Å². The first-order chi connectivity index (χ1) is 18.7. The molecule has 2 aliphatic carbocycles. The molecule has 1 fully saturated rings. The molecule has 7 nitrogen and oxygen atoms in total. The number of rotatable bonds is 8. The second kappa shape index (κ2) is 10.4. The van der Waals surface area contributed by atoms with Crippen LogP contribution in [0.3, 0.4) is 0 Å². The summed E-state index contributed by atoms with van der Waals surface area (Å²) < 4.78 is 66.3. The van der Waals surface area contributed by atoms with Crippen LogP contribution in [0, 0.1) is 18.8 Å². The zero-order valence-electron chi connectivity index (χ0n) is 23.6. The van der Waals surface area contributed by atoms with E-state index in [-0.39, 0.29) is 47.4 Å². The average molecular weight is 574 g/mol. The van der Waals surface area contributed by atoms with Gasteiger partial charge >= 0.3 is 0 Å². The molecule has 1 unspecified atom stereocenters. The van der Waals surface area contributed by atoms with Crippen molar-refractivity contribution in [1.82, 2.24) is 10.1 Å². The molecule has 2 aliphatic rings. The first-order valence-electron chi connectivity index (χ1n) is 13.8. The van der Waals surface area contributed by atoms with Crippen LogP contribution in [-0.2, 0) is 28.3 Å². The Balaban J connectivity index is 1.24. The summed E-state index contributed by atoms with van der Waals surface area (Å²) in [4.78, 5) is 4.61. The molecular weight excluding hydrogens is 536 g/mol. The number of sulfonamides is 1. The molecule has 2 aromatic heterocycles. The highest BCUT2D eigenvalue weighted by atomic mass is 32.2. The Bertz CT molecular complexity index is 1470. The number of hydrogen-bond donors (Lipinski definition) is 1. The molecule has 5 rings (SSSR count). The molecule has 40 heavy (non-hydrogen) atoms. The van der Waals surface area contributed by atoms with Gasteiger partial charge in [-0.05, 0) is 66.8 Å². The summed E-state index contributed by atoms with van der Waals surface area (Å²) in [7, 11) is -3.85. The minimum atomic E-state index is -3.85. The molecule has 2 heterocycles. The molecule has 10 heteroatoms. The predicted octanol–water partition coefficient (Wildman–Crippen LogP) is 6.81. The van der Waals surface area contributed by atoms with Crippen molar-refractivity contribution in [1.29, 1.82) is 0 Å². The Kier molecular flexibility index (Phi) is 7.44. The number of aryl methyl sites for hydroxylation is 1. The second-order valence-corrected chi connectivity index (χ2v) is 14.1. The number of aromatic nitrogens is 2. The Morgan fingerprint density at radius 3 is 2.55 bits per heavy atom. The van der Waals surface area contributed by atoms with Crippen molar-refractivity contribution in [3.63, 3.8) is 0 Å². The van der Waals surface area contributed by atoms with Crippen molar-refractivity contribution in [2.24, 2.45) is 11.8 Å². The summed E-state index contributed by atoms with van der Waals surface area (Å²) in [5.41, 5.74) is 3.65. The Morgan fingerprint density at radius 2 is 1.93 bits per heavy atom. The van der Waals surface area contributed by atoms with Gasteiger partial charge in [-0.25, -0.2) is 22.2 Å². The van der Waals surface area contributed by atoms with Gasteiger partial charge in [-0.2, -0.15) is 0 Å². The summed E-state index contributed by atoms with van der Waals surface area (Å²) in [5.74, 6) is -0.859. The van der Waals surface area contributed by atoms with E-state index in [1.54, 1.807) is 31.3 Å². The van der Waals surface area contributed by atoms with Gasteiger partial charge < -0.3 is 9.26 Å². The molecule has 0 saturated heterocycles. The van der Waals surface area contributed by atoms with Crippen molar-refractivity contribution < 1.29 is 26.5 Å². The minimum absolute atomic E-state index is 0.123. The Hall–Kier alpha value is -3.01. The van der Waals surface area contributed by atoms with Gasteiger partial charge in [-0.15, -0.1) is 0 Å². The monoisotopic (exact) mass is 573 g/mol. The third-order valence-corrected chi connectivity index (χ3v) is 9.56. The number of hydrogen-bond acceptors (Lipinski definition) is 6. The molecule has 2 atom stereocenters. The molecule has 0 aliphatic heterocycles. The molecular formula is C30H37F2N3O4S. The normalized spacial score (nSPS) is 19.9. The predicted molar refractivity (Wildman–Crippen MR) is 149 cm³/mol. The zero-order chi connectivity index (χ0) is 28.9. The topological polar surface area (TPSA) is 94.3 Å². The highest BCUT2D eigenvalue weighted by molar-refractivity contribution is 7.92. The zero-order valence-corrected chi connectivity index (χ0v) is 24.4. The number of halogens is 2. The van der Waals surface area contributed by atoms with E-state index in [1.165, 1.54) is 5.56 Å². The lowest BCUT2D eigenvalue weighted by Crippen LogP contribution is -2.38.